The molecule has 5 nitrogen and oxygen atoms in total. The van der Waals surface area contributed by atoms with Crippen molar-refractivity contribution < 1.29 is 9.53 Å². The fourth-order valence-corrected chi connectivity index (χ4v) is 3.44. The minimum absolute atomic E-state index is 0.0152. The molecule has 5 heteroatoms. The maximum atomic E-state index is 12.5. The number of rotatable bonds is 7. The zero-order valence-electron chi connectivity index (χ0n) is 16.9. The summed E-state index contributed by atoms with van der Waals surface area (Å²) in [5.41, 5.74) is 5.31. The molecular formula is C23H27N3O2. The monoisotopic (exact) mass is 377 g/mol. The van der Waals surface area contributed by atoms with Crippen molar-refractivity contribution >= 4 is 5.91 Å². The van der Waals surface area contributed by atoms with Gasteiger partial charge in [0.25, 0.3) is 0 Å². The lowest BCUT2D eigenvalue weighted by molar-refractivity contribution is -0.121. The van der Waals surface area contributed by atoms with E-state index < -0.39 is 0 Å². The summed E-state index contributed by atoms with van der Waals surface area (Å²) in [7, 11) is 1.65. The molecule has 2 aromatic carbocycles. The first kappa shape index (κ1) is 19.7. The number of nitrogens with zero attached hydrogens (tertiary/aromatic N) is 2. The van der Waals surface area contributed by atoms with Gasteiger partial charge in [-0.3, -0.25) is 4.79 Å². The molecule has 1 atom stereocenters. The number of nitrogens with one attached hydrogen (secondary N) is 1. The Morgan fingerprint density at radius 1 is 1.14 bits per heavy atom. The molecule has 3 aromatic rings. The number of carbonyl (C=O) groups is 1. The summed E-state index contributed by atoms with van der Waals surface area (Å²) >= 11 is 0. The quantitative estimate of drug-likeness (QED) is 0.668. The topological polar surface area (TPSA) is 56.1 Å². The van der Waals surface area contributed by atoms with E-state index in [0.717, 1.165) is 33.8 Å². The van der Waals surface area contributed by atoms with E-state index in [1.807, 2.05) is 61.1 Å². The average molecular weight is 377 g/mol. The van der Waals surface area contributed by atoms with Crippen molar-refractivity contribution in [3.8, 4) is 11.4 Å². The minimum Gasteiger partial charge on any atom is -0.496 e. The van der Waals surface area contributed by atoms with E-state index in [1.165, 1.54) is 0 Å². The summed E-state index contributed by atoms with van der Waals surface area (Å²) in [6.45, 7) is 6.10. The number of aryl methyl sites for hydroxylation is 2. The van der Waals surface area contributed by atoms with Crippen LogP contribution in [0.25, 0.3) is 5.69 Å². The second-order valence-corrected chi connectivity index (χ2v) is 6.98. The fourth-order valence-electron chi connectivity index (χ4n) is 3.44. The van der Waals surface area contributed by atoms with Crippen molar-refractivity contribution in [2.24, 2.45) is 0 Å². The summed E-state index contributed by atoms with van der Waals surface area (Å²) < 4.78 is 7.29. The van der Waals surface area contributed by atoms with Gasteiger partial charge < -0.3 is 10.1 Å². The normalized spacial score (nSPS) is 11.9. The Morgan fingerprint density at radius 2 is 1.86 bits per heavy atom. The number of hydrogen-bond acceptors (Lipinski definition) is 3. The second-order valence-electron chi connectivity index (χ2n) is 6.98. The standard InChI is InChI=1S/C23H27N3O2/c1-16-9-5-7-11-21(16)26-18(3)20(15-24-26)17(2)25-23(27)14-13-19-10-6-8-12-22(19)28-4/h5-12,15,17H,13-14H2,1-4H3,(H,25,27)/t17-/m0/s1. The largest absolute Gasteiger partial charge is 0.496 e. The van der Waals surface area contributed by atoms with Crippen LogP contribution in [0.5, 0.6) is 5.75 Å². The van der Waals surface area contributed by atoms with Crippen molar-refractivity contribution in [2.45, 2.75) is 39.7 Å². The van der Waals surface area contributed by atoms with Crippen molar-refractivity contribution in [3.63, 3.8) is 0 Å². The molecule has 1 aromatic heterocycles. The Kier molecular flexibility index (Phi) is 6.14. The molecule has 0 saturated heterocycles. The maximum Gasteiger partial charge on any atom is 0.220 e. The number of hydrogen-bond donors (Lipinski definition) is 1. The lowest BCUT2D eigenvalue weighted by Gasteiger charge is -2.15. The fraction of sp³-hybridized carbons (Fsp3) is 0.304. The van der Waals surface area contributed by atoms with Gasteiger partial charge in [0.2, 0.25) is 5.91 Å². The third-order valence-electron chi connectivity index (χ3n) is 5.05. The highest BCUT2D eigenvalue weighted by atomic mass is 16.5. The summed E-state index contributed by atoms with van der Waals surface area (Å²) in [6.07, 6.45) is 2.90. The van der Waals surface area contributed by atoms with Gasteiger partial charge in [0.15, 0.2) is 0 Å². The van der Waals surface area contributed by atoms with E-state index in [-0.39, 0.29) is 11.9 Å². The van der Waals surface area contributed by atoms with Gasteiger partial charge in [-0.15, -0.1) is 0 Å². The Hall–Kier alpha value is -3.08. The van der Waals surface area contributed by atoms with Gasteiger partial charge in [-0.1, -0.05) is 36.4 Å². The van der Waals surface area contributed by atoms with Crippen LogP contribution in [-0.4, -0.2) is 22.8 Å². The molecule has 1 heterocycles. The molecule has 0 bridgehead atoms. The van der Waals surface area contributed by atoms with Gasteiger partial charge in [0.1, 0.15) is 5.75 Å². The van der Waals surface area contributed by atoms with Crippen molar-refractivity contribution in [3.05, 3.63) is 77.1 Å². The van der Waals surface area contributed by atoms with Gasteiger partial charge in [-0.25, -0.2) is 4.68 Å². The molecule has 0 aliphatic heterocycles. The second kappa shape index (κ2) is 8.74. The van der Waals surface area contributed by atoms with Crippen LogP contribution in [0, 0.1) is 13.8 Å². The molecule has 0 spiro atoms. The third-order valence-corrected chi connectivity index (χ3v) is 5.05. The molecule has 0 fully saturated rings. The molecule has 0 aliphatic rings. The van der Waals surface area contributed by atoms with Crippen molar-refractivity contribution in [1.29, 1.82) is 0 Å². The van der Waals surface area contributed by atoms with Gasteiger partial charge >= 0.3 is 0 Å². The minimum atomic E-state index is -0.108. The third kappa shape index (κ3) is 4.25. The van der Waals surface area contributed by atoms with Crippen molar-refractivity contribution in [1.82, 2.24) is 15.1 Å². The smallest absolute Gasteiger partial charge is 0.220 e. The SMILES string of the molecule is COc1ccccc1CCC(=O)N[C@@H](C)c1cnn(-c2ccccc2C)c1C. The van der Waals surface area contributed by atoms with Crippen LogP contribution in [0.3, 0.4) is 0 Å². The Labute approximate surface area is 166 Å². The molecule has 1 N–H and O–H groups in total. The molecule has 0 unspecified atom stereocenters. The number of carbonyl (C=O) groups excluding carboxylic acids is 1. The van der Waals surface area contributed by atoms with E-state index in [1.54, 1.807) is 7.11 Å². The number of methoxy groups -OCH3 is 1. The first-order valence-electron chi connectivity index (χ1n) is 9.53. The Morgan fingerprint density at radius 3 is 2.61 bits per heavy atom. The highest BCUT2D eigenvalue weighted by Gasteiger charge is 2.17. The van der Waals surface area contributed by atoms with Gasteiger partial charge in [0.05, 0.1) is 25.0 Å². The zero-order chi connectivity index (χ0) is 20.1. The molecule has 0 radical (unpaired) electrons. The van der Waals surface area contributed by atoms with Crippen LogP contribution in [0.15, 0.2) is 54.7 Å². The van der Waals surface area contributed by atoms with E-state index in [9.17, 15) is 4.79 Å². The number of ether oxygens (including phenoxy) is 1. The lowest BCUT2D eigenvalue weighted by atomic mass is 10.1. The van der Waals surface area contributed by atoms with Crippen LogP contribution in [0.2, 0.25) is 0 Å². The molecule has 3 rings (SSSR count). The summed E-state index contributed by atoms with van der Waals surface area (Å²) in [5, 5.41) is 7.63. The van der Waals surface area contributed by atoms with Crippen LogP contribution in [0.4, 0.5) is 0 Å². The molecule has 28 heavy (non-hydrogen) atoms. The maximum absolute atomic E-state index is 12.5. The van der Waals surface area contributed by atoms with E-state index in [0.29, 0.717) is 12.8 Å². The first-order chi connectivity index (χ1) is 13.5. The molecular weight excluding hydrogens is 350 g/mol. The highest BCUT2D eigenvalue weighted by Crippen LogP contribution is 2.23. The van der Waals surface area contributed by atoms with E-state index in [4.69, 9.17) is 4.74 Å². The summed E-state index contributed by atoms with van der Waals surface area (Å²) in [6, 6.07) is 15.8. The van der Waals surface area contributed by atoms with Crippen LogP contribution >= 0.6 is 0 Å². The number of benzene rings is 2. The summed E-state index contributed by atoms with van der Waals surface area (Å²) in [4.78, 5) is 12.5. The predicted molar refractivity (Wildman–Crippen MR) is 111 cm³/mol. The number of para-hydroxylation sites is 2. The molecule has 0 aliphatic carbocycles. The van der Waals surface area contributed by atoms with Gasteiger partial charge in [-0.2, -0.15) is 5.10 Å². The Balaban J connectivity index is 1.66. The predicted octanol–water partition coefficient (Wildman–Crippen LogP) is 4.31. The van der Waals surface area contributed by atoms with Gasteiger partial charge in [-0.05, 0) is 50.5 Å². The van der Waals surface area contributed by atoms with Crippen molar-refractivity contribution in [2.75, 3.05) is 7.11 Å². The zero-order valence-corrected chi connectivity index (χ0v) is 16.9. The van der Waals surface area contributed by atoms with E-state index in [2.05, 4.69) is 29.5 Å². The lowest BCUT2D eigenvalue weighted by Crippen LogP contribution is -2.27. The highest BCUT2D eigenvalue weighted by molar-refractivity contribution is 5.76. The molecule has 0 saturated carbocycles. The van der Waals surface area contributed by atoms with Gasteiger partial charge in [0, 0.05) is 17.7 Å². The average Bonchev–Trinajstić information content (AvgIpc) is 3.08. The van der Waals surface area contributed by atoms with Crippen LogP contribution in [-0.2, 0) is 11.2 Å². The summed E-state index contributed by atoms with van der Waals surface area (Å²) in [5.74, 6) is 0.833. The number of amides is 1. The number of aromatic nitrogens is 2. The van der Waals surface area contributed by atoms with Crippen LogP contribution < -0.4 is 10.1 Å². The van der Waals surface area contributed by atoms with E-state index >= 15 is 0 Å². The first-order valence-corrected chi connectivity index (χ1v) is 9.53. The Bertz CT molecular complexity index is 962. The van der Waals surface area contributed by atoms with Crippen LogP contribution in [0.1, 0.15) is 41.8 Å². The molecule has 1 amide bonds. The molecule has 146 valence electrons.